The van der Waals surface area contributed by atoms with Crippen LogP contribution >= 0.6 is 50.2 Å². The maximum Gasteiger partial charge on any atom is 0.250 e. The Morgan fingerprint density at radius 1 is 1.00 bits per heavy atom. The summed E-state index contributed by atoms with van der Waals surface area (Å²) >= 11 is 11.9. The second-order valence-corrected chi connectivity index (χ2v) is 10.7. The van der Waals surface area contributed by atoms with Crippen molar-refractivity contribution < 1.29 is 8.42 Å². The minimum absolute atomic E-state index is 0.274. The molecule has 0 saturated heterocycles. The van der Waals surface area contributed by atoms with Gasteiger partial charge >= 0.3 is 0 Å². The number of hydrogen-bond donors (Lipinski definition) is 1. The van der Waals surface area contributed by atoms with Gasteiger partial charge in [-0.25, -0.2) is 13.1 Å². The fraction of sp³-hybridized carbons (Fsp3) is 0.0667. The lowest BCUT2D eigenvalue weighted by Gasteiger charge is -2.02. The van der Waals surface area contributed by atoms with Crippen LogP contribution in [-0.4, -0.2) is 8.42 Å². The molecule has 0 amide bonds. The SMILES string of the molecule is O=S(=O)(NCc1ccc(-c2ccc(Cl)cc2)s1)c1ccc(Br)s1. The summed E-state index contributed by atoms with van der Waals surface area (Å²) < 4.78 is 28.1. The maximum absolute atomic E-state index is 12.2. The van der Waals surface area contributed by atoms with E-state index in [4.69, 9.17) is 11.6 Å². The smallest absolute Gasteiger partial charge is 0.206 e. The topological polar surface area (TPSA) is 46.2 Å². The third-order valence-corrected chi connectivity index (χ3v) is 7.94. The Labute approximate surface area is 156 Å². The standard InChI is InChI=1S/C15H11BrClNO2S3/c16-14-7-8-15(22-14)23(19,20)18-9-12-5-6-13(21-12)10-1-3-11(17)4-2-10/h1-8,18H,9H2. The zero-order chi connectivity index (χ0) is 16.4. The average molecular weight is 449 g/mol. The van der Waals surface area contributed by atoms with E-state index in [1.165, 1.54) is 11.3 Å². The lowest BCUT2D eigenvalue weighted by molar-refractivity contribution is 0.584. The molecule has 0 spiro atoms. The van der Waals surface area contributed by atoms with Crippen LogP contribution in [-0.2, 0) is 16.6 Å². The summed E-state index contributed by atoms with van der Waals surface area (Å²) in [7, 11) is -3.47. The van der Waals surface area contributed by atoms with E-state index < -0.39 is 10.0 Å². The van der Waals surface area contributed by atoms with E-state index in [1.807, 2.05) is 36.4 Å². The molecule has 1 aromatic carbocycles. The summed E-state index contributed by atoms with van der Waals surface area (Å²) in [6.45, 7) is 0.274. The average Bonchev–Trinajstić information content (AvgIpc) is 3.15. The molecular formula is C15H11BrClNO2S3. The van der Waals surface area contributed by atoms with Gasteiger partial charge in [0.05, 0.1) is 3.79 Å². The maximum atomic E-state index is 12.2. The minimum atomic E-state index is -3.47. The van der Waals surface area contributed by atoms with Gasteiger partial charge in [-0.2, -0.15) is 0 Å². The Kier molecular flexibility index (Phi) is 5.25. The normalized spacial score (nSPS) is 11.7. The van der Waals surface area contributed by atoms with Crippen LogP contribution in [0.25, 0.3) is 10.4 Å². The molecule has 1 N–H and O–H groups in total. The third-order valence-electron chi connectivity index (χ3n) is 3.04. The van der Waals surface area contributed by atoms with E-state index in [9.17, 15) is 8.42 Å². The zero-order valence-corrected chi connectivity index (χ0v) is 16.4. The summed E-state index contributed by atoms with van der Waals surface area (Å²) in [5, 5.41) is 0.695. The second-order valence-electron chi connectivity index (χ2n) is 4.66. The molecule has 0 fully saturated rings. The first-order valence-electron chi connectivity index (χ1n) is 6.54. The predicted molar refractivity (Wildman–Crippen MR) is 101 cm³/mol. The Hall–Kier alpha value is -0.700. The number of rotatable bonds is 5. The largest absolute Gasteiger partial charge is 0.250 e. The van der Waals surface area contributed by atoms with Gasteiger partial charge in [0.2, 0.25) is 10.0 Å². The number of nitrogens with one attached hydrogen (secondary N) is 1. The first-order chi connectivity index (χ1) is 10.9. The highest BCUT2D eigenvalue weighted by Crippen LogP contribution is 2.30. The summed E-state index contributed by atoms with van der Waals surface area (Å²) in [6.07, 6.45) is 0. The Morgan fingerprint density at radius 3 is 2.39 bits per heavy atom. The Balaban J connectivity index is 1.71. The monoisotopic (exact) mass is 447 g/mol. The van der Waals surface area contributed by atoms with E-state index in [2.05, 4.69) is 20.7 Å². The fourth-order valence-corrected chi connectivity index (χ4v) is 6.15. The van der Waals surface area contributed by atoms with E-state index in [0.717, 1.165) is 19.1 Å². The van der Waals surface area contributed by atoms with Crippen LogP contribution in [0.4, 0.5) is 0 Å². The zero-order valence-electron chi connectivity index (χ0n) is 11.6. The van der Waals surface area contributed by atoms with Crippen LogP contribution in [0.5, 0.6) is 0 Å². The van der Waals surface area contributed by atoms with Crippen molar-refractivity contribution in [1.29, 1.82) is 0 Å². The minimum Gasteiger partial charge on any atom is -0.206 e. The molecule has 2 aromatic heterocycles. The van der Waals surface area contributed by atoms with Crippen molar-refractivity contribution in [2.45, 2.75) is 10.8 Å². The Morgan fingerprint density at radius 2 is 1.74 bits per heavy atom. The molecule has 0 aliphatic heterocycles. The molecule has 2 heterocycles. The lowest BCUT2D eigenvalue weighted by Crippen LogP contribution is -2.21. The molecule has 0 atom stereocenters. The number of halogens is 2. The quantitative estimate of drug-likeness (QED) is 0.570. The summed E-state index contributed by atoms with van der Waals surface area (Å²) in [4.78, 5) is 2.03. The number of sulfonamides is 1. The van der Waals surface area contributed by atoms with Gasteiger partial charge in [0, 0.05) is 21.3 Å². The van der Waals surface area contributed by atoms with Gasteiger partial charge in [-0.1, -0.05) is 23.7 Å². The first kappa shape index (κ1) is 17.1. The van der Waals surface area contributed by atoms with Crippen molar-refractivity contribution in [3.63, 3.8) is 0 Å². The molecule has 0 radical (unpaired) electrons. The summed E-state index contributed by atoms with van der Waals surface area (Å²) in [5.74, 6) is 0. The first-order valence-corrected chi connectivity index (χ1v) is 10.8. The van der Waals surface area contributed by atoms with E-state index >= 15 is 0 Å². The molecule has 0 bridgehead atoms. The van der Waals surface area contributed by atoms with E-state index in [-0.39, 0.29) is 6.54 Å². The van der Waals surface area contributed by atoms with Gasteiger partial charge in [0.1, 0.15) is 4.21 Å². The number of benzene rings is 1. The molecule has 120 valence electrons. The molecule has 0 saturated carbocycles. The van der Waals surface area contributed by atoms with E-state index in [0.29, 0.717) is 9.23 Å². The van der Waals surface area contributed by atoms with Crippen LogP contribution in [0, 0.1) is 0 Å². The van der Waals surface area contributed by atoms with Crippen LogP contribution in [0.1, 0.15) is 4.88 Å². The lowest BCUT2D eigenvalue weighted by atomic mass is 10.2. The molecule has 3 nitrogen and oxygen atoms in total. The van der Waals surface area contributed by atoms with Gasteiger partial charge in [-0.05, 0) is 57.9 Å². The molecule has 3 rings (SSSR count). The number of thiophene rings is 2. The molecule has 8 heteroatoms. The summed E-state index contributed by atoms with van der Waals surface area (Å²) in [6, 6.07) is 14.8. The third kappa shape index (κ3) is 4.23. The van der Waals surface area contributed by atoms with Crippen molar-refractivity contribution in [2.24, 2.45) is 0 Å². The fourth-order valence-electron chi connectivity index (χ4n) is 1.92. The van der Waals surface area contributed by atoms with E-state index in [1.54, 1.807) is 23.5 Å². The van der Waals surface area contributed by atoms with Gasteiger partial charge in [0.25, 0.3) is 0 Å². The summed E-state index contributed by atoms with van der Waals surface area (Å²) in [5.41, 5.74) is 1.07. The molecular weight excluding hydrogens is 438 g/mol. The molecule has 0 unspecified atom stereocenters. The van der Waals surface area contributed by atoms with Gasteiger partial charge < -0.3 is 0 Å². The van der Waals surface area contributed by atoms with Crippen LogP contribution in [0.2, 0.25) is 5.02 Å². The van der Waals surface area contributed by atoms with Crippen LogP contribution in [0.15, 0.2) is 56.5 Å². The molecule has 23 heavy (non-hydrogen) atoms. The Bertz CT molecular complexity index is 916. The van der Waals surface area contributed by atoms with Crippen molar-refractivity contribution >= 4 is 60.2 Å². The molecule has 3 aromatic rings. The molecule has 0 aliphatic carbocycles. The highest BCUT2D eigenvalue weighted by Gasteiger charge is 2.16. The second kappa shape index (κ2) is 7.04. The van der Waals surface area contributed by atoms with Gasteiger partial charge in [-0.15, -0.1) is 22.7 Å². The number of hydrogen-bond acceptors (Lipinski definition) is 4. The van der Waals surface area contributed by atoms with Crippen molar-refractivity contribution in [1.82, 2.24) is 4.72 Å². The highest BCUT2D eigenvalue weighted by atomic mass is 79.9. The van der Waals surface area contributed by atoms with Crippen LogP contribution < -0.4 is 4.72 Å². The predicted octanol–water partition coefficient (Wildman–Crippen LogP) is 5.37. The van der Waals surface area contributed by atoms with Gasteiger partial charge in [0.15, 0.2) is 0 Å². The van der Waals surface area contributed by atoms with Crippen molar-refractivity contribution in [3.05, 3.63) is 62.2 Å². The highest BCUT2D eigenvalue weighted by molar-refractivity contribution is 9.11. The van der Waals surface area contributed by atoms with Crippen molar-refractivity contribution in [3.8, 4) is 10.4 Å². The molecule has 0 aliphatic rings. The van der Waals surface area contributed by atoms with Crippen LogP contribution in [0.3, 0.4) is 0 Å². The van der Waals surface area contributed by atoms with Gasteiger partial charge in [-0.3, -0.25) is 0 Å². The van der Waals surface area contributed by atoms with Crippen molar-refractivity contribution in [2.75, 3.05) is 0 Å².